The normalized spacial score (nSPS) is 23.7. The van der Waals surface area contributed by atoms with Crippen molar-refractivity contribution in [2.75, 3.05) is 0 Å². The van der Waals surface area contributed by atoms with E-state index in [1.165, 1.54) is 6.20 Å². The quantitative estimate of drug-likeness (QED) is 0.649. The van der Waals surface area contributed by atoms with Crippen molar-refractivity contribution in [1.29, 1.82) is 5.26 Å². The Hall–Kier alpha value is -1.93. The molecule has 1 fully saturated rings. The van der Waals surface area contributed by atoms with Crippen LogP contribution in [0.15, 0.2) is 23.5 Å². The van der Waals surface area contributed by atoms with Crippen molar-refractivity contribution >= 4 is 5.71 Å². The van der Waals surface area contributed by atoms with E-state index < -0.39 is 0 Å². The van der Waals surface area contributed by atoms with Crippen LogP contribution >= 0.6 is 0 Å². The zero-order chi connectivity index (χ0) is 13.0. The number of nitriles is 1. The molecule has 0 aromatic carbocycles. The number of hydrogen-bond acceptors (Lipinski definition) is 5. The van der Waals surface area contributed by atoms with Gasteiger partial charge in [0.25, 0.3) is 0 Å². The van der Waals surface area contributed by atoms with E-state index >= 15 is 0 Å². The molecule has 0 spiro atoms. The zero-order valence-electron chi connectivity index (χ0n) is 10.3. The number of nitrogens with zero attached hydrogens (tertiary/aromatic N) is 3. The van der Waals surface area contributed by atoms with E-state index in [2.05, 4.69) is 10.1 Å². The molecule has 1 aliphatic rings. The molecule has 0 unspecified atom stereocenters. The fourth-order valence-corrected chi connectivity index (χ4v) is 2.09. The second-order valence-electron chi connectivity index (χ2n) is 4.59. The van der Waals surface area contributed by atoms with E-state index in [1.54, 1.807) is 12.1 Å². The third kappa shape index (κ3) is 3.05. The van der Waals surface area contributed by atoms with E-state index in [0.29, 0.717) is 17.4 Å². The first-order chi connectivity index (χ1) is 8.69. The lowest BCUT2D eigenvalue weighted by Gasteiger charge is -2.08. The third-order valence-corrected chi connectivity index (χ3v) is 3.21. The van der Waals surface area contributed by atoms with Gasteiger partial charge in [-0.05, 0) is 32.3 Å². The standard InChI is InChI=1S/C13H16N4O/c1-9(11-3-4-12(15)6-11)17-18-13-5-2-10(7-14)8-16-13/h2,5,8,11-12H,3-4,6,15H2,1H3/b17-9+/t11-,12+/m0/s1. The van der Waals surface area contributed by atoms with Gasteiger partial charge in [-0.25, -0.2) is 4.98 Å². The Bertz CT molecular complexity index is 475. The predicted octanol–water partition coefficient (Wildman–Crippen LogP) is 1.84. The summed E-state index contributed by atoms with van der Waals surface area (Å²) in [6.45, 7) is 1.95. The second kappa shape index (κ2) is 5.61. The molecular weight excluding hydrogens is 228 g/mol. The summed E-state index contributed by atoms with van der Waals surface area (Å²) >= 11 is 0. The van der Waals surface area contributed by atoms with Crippen LogP contribution in [0, 0.1) is 17.2 Å². The van der Waals surface area contributed by atoms with Gasteiger partial charge in [-0.1, -0.05) is 5.16 Å². The smallest absolute Gasteiger partial charge is 0.248 e. The number of nitrogens with two attached hydrogens (primary N) is 1. The van der Waals surface area contributed by atoms with Crippen LogP contribution in [-0.2, 0) is 0 Å². The van der Waals surface area contributed by atoms with Crippen molar-refractivity contribution in [3.63, 3.8) is 0 Å². The minimum atomic E-state index is 0.285. The van der Waals surface area contributed by atoms with Crippen molar-refractivity contribution < 1.29 is 4.84 Å². The number of hydrogen-bond donors (Lipinski definition) is 1. The summed E-state index contributed by atoms with van der Waals surface area (Å²) in [7, 11) is 0. The first kappa shape index (κ1) is 12.5. The van der Waals surface area contributed by atoms with E-state index in [4.69, 9.17) is 15.8 Å². The van der Waals surface area contributed by atoms with Gasteiger partial charge in [0.2, 0.25) is 5.88 Å². The summed E-state index contributed by atoms with van der Waals surface area (Å²) in [5.41, 5.74) is 7.32. The molecule has 1 heterocycles. The molecule has 0 radical (unpaired) electrons. The van der Waals surface area contributed by atoms with Crippen LogP contribution in [0.5, 0.6) is 5.88 Å². The Morgan fingerprint density at radius 1 is 1.56 bits per heavy atom. The topological polar surface area (TPSA) is 84.3 Å². The lowest BCUT2D eigenvalue weighted by molar-refractivity contribution is 0.323. The maximum Gasteiger partial charge on any atom is 0.248 e. The van der Waals surface area contributed by atoms with Crippen LogP contribution in [0.2, 0.25) is 0 Å². The van der Waals surface area contributed by atoms with Gasteiger partial charge in [0.15, 0.2) is 0 Å². The van der Waals surface area contributed by atoms with Gasteiger partial charge in [0, 0.05) is 24.2 Å². The van der Waals surface area contributed by atoms with Crippen molar-refractivity contribution in [1.82, 2.24) is 4.98 Å². The summed E-state index contributed by atoms with van der Waals surface area (Å²) in [5.74, 6) is 0.814. The van der Waals surface area contributed by atoms with E-state index in [9.17, 15) is 0 Å². The van der Waals surface area contributed by atoms with Crippen molar-refractivity contribution in [3.8, 4) is 11.9 Å². The van der Waals surface area contributed by atoms with Crippen molar-refractivity contribution in [2.45, 2.75) is 32.2 Å². The lowest BCUT2D eigenvalue weighted by Crippen LogP contribution is -2.17. The van der Waals surface area contributed by atoms with Crippen molar-refractivity contribution in [3.05, 3.63) is 23.9 Å². The number of pyridine rings is 1. The summed E-state index contributed by atoms with van der Waals surface area (Å²) in [6.07, 6.45) is 4.55. The molecule has 18 heavy (non-hydrogen) atoms. The molecule has 0 amide bonds. The van der Waals surface area contributed by atoms with Gasteiger partial charge in [-0.2, -0.15) is 5.26 Å². The Kier molecular flexibility index (Phi) is 3.90. The van der Waals surface area contributed by atoms with Gasteiger partial charge >= 0.3 is 0 Å². The SMILES string of the molecule is C/C(=N\Oc1ccc(C#N)cn1)[C@H]1CC[C@@H](N)C1. The Morgan fingerprint density at radius 3 is 2.94 bits per heavy atom. The van der Waals surface area contributed by atoms with Crippen LogP contribution in [-0.4, -0.2) is 16.7 Å². The average Bonchev–Trinajstić information content (AvgIpc) is 2.83. The number of rotatable bonds is 3. The zero-order valence-corrected chi connectivity index (χ0v) is 10.3. The highest BCUT2D eigenvalue weighted by Crippen LogP contribution is 2.25. The van der Waals surface area contributed by atoms with E-state index in [-0.39, 0.29) is 6.04 Å². The van der Waals surface area contributed by atoms with Crippen LogP contribution < -0.4 is 10.6 Å². The van der Waals surface area contributed by atoms with Crippen LogP contribution in [0.1, 0.15) is 31.7 Å². The fourth-order valence-electron chi connectivity index (χ4n) is 2.09. The number of oxime groups is 1. The maximum absolute atomic E-state index is 8.64. The first-order valence-corrected chi connectivity index (χ1v) is 6.02. The maximum atomic E-state index is 8.64. The summed E-state index contributed by atoms with van der Waals surface area (Å²) in [4.78, 5) is 9.23. The molecule has 0 aliphatic heterocycles. The minimum Gasteiger partial charge on any atom is -0.337 e. The molecule has 2 rings (SSSR count). The Labute approximate surface area is 106 Å². The predicted molar refractivity (Wildman–Crippen MR) is 68.0 cm³/mol. The molecule has 5 heteroatoms. The fraction of sp³-hybridized carbons (Fsp3) is 0.462. The van der Waals surface area contributed by atoms with Crippen molar-refractivity contribution in [2.24, 2.45) is 16.8 Å². The summed E-state index contributed by atoms with van der Waals surface area (Å²) in [6, 6.07) is 5.57. The van der Waals surface area contributed by atoms with Gasteiger partial charge in [0.05, 0.1) is 11.3 Å². The molecule has 2 atom stereocenters. The Balaban J connectivity index is 1.95. The Morgan fingerprint density at radius 2 is 2.39 bits per heavy atom. The van der Waals surface area contributed by atoms with E-state index in [1.807, 2.05) is 13.0 Å². The highest BCUT2D eigenvalue weighted by molar-refractivity contribution is 5.84. The molecule has 1 saturated carbocycles. The molecule has 1 aromatic rings. The molecular formula is C13H16N4O. The second-order valence-corrected chi connectivity index (χ2v) is 4.59. The lowest BCUT2D eigenvalue weighted by atomic mass is 10.0. The summed E-state index contributed by atoms with van der Waals surface area (Å²) < 4.78 is 0. The minimum absolute atomic E-state index is 0.285. The van der Waals surface area contributed by atoms with Crippen LogP contribution in [0.4, 0.5) is 0 Å². The molecule has 5 nitrogen and oxygen atoms in total. The van der Waals surface area contributed by atoms with Gasteiger partial charge in [-0.15, -0.1) is 0 Å². The van der Waals surface area contributed by atoms with Gasteiger partial charge in [-0.3, -0.25) is 0 Å². The van der Waals surface area contributed by atoms with E-state index in [0.717, 1.165) is 25.0 Å². The first-order valence-electron chi connectivity index (χ1n) is 6.02. The molecule has 0 bridgehead atoms. The largest absolute Gasteiger partial charge is 0.337 e. The van der Waals surface area contributed by atoms with Crippen LogP contribution in [0.25, 0.3) is 0 Å². The average molecular weight is 244 g/mol. The molecule has 2 N–H and O–H groups in total. The highest BCUT2D eigenvalue weighted by atomic mass is 16.6. The molecule has 94 valence electrons. The molecule has 0 saturated heterocycles. The van der Waals surface area contributed by atoms with Gasteiger partial charge in [0.1, 0.15) is 6.07 Å². The molecule has 1 aromatic heterocycles. The van der Waals surface area contributed by atoms with Crippen LogP contribution in [0.3, 0.4) is 0 Å². The number of aromatic nitrogens is 1. The molecule has 1 aliphatic carbocycles. The summed E-state index contributed by atoms with van der Waals surface area (Å²) in [5, 5.41) is 12.7. The van der Waals surface area contributed by atoms with Gasteiger partial charge < -0.3 is 10.6 Å². The monoisotopic (exact) mass is 244 g/mol. The highest BCUT2D eigenvalue weighted by Gasteiger charge is 2.24. The third-order valence-electron chi connectivity index (χ3n) is 3.21.